The van der Waals surface area contributed by atoms with Gasteiger partial charge in [0.25, 0.3) is 0 Å². The smallest absolute Gasteiger partial charge is 0.249 e. The van der Waals surface area contributed by atoms with E-state index in [1.807, 2.05) is 32.0 Å². The molecular weight excluding hydrogens is 474 g/mol. The van der Waals surface area contributed by atoms with Crippen LogP contribution in [0.3, 0.4) is 0 Å². The van der Waals surface area contributed by atoms with E-state index in [0.717, 1.165) is 91.2 Å². The number of imidazole rings is 1. The van der Waals surface area contributed by atoms with Gasteiger partial charge in [0.2, 0.25) is 5.91 Å². The summed E-state index contributed by atoms with van der Waals surface area (Å²) in [7, 11) is 0. The van der Waals surface area contributed by atoms with Crippen molar-refractivity contribution in [2.45, 2.75) is 77.9 Å². The molecule has 4 rings (SSSR count). The van der Waals surface area contributed by atoms with Crippen molar-refractivity contribution < 1.29 is 14.3 Å². The molecule has 1 atom stereocenters. The second-order valence-electron chi connectivity index (χ2n) is 9.70. The average molecular weight is 512 g/mol. The van der Waals surface area contributed by atoms with Gasteiger partial charge in [-0.15, -0.1) is 0 Å². The van der Waals surface area contributed by atoms with Crippen molar-refractivity contribution in [1.82, 2.24) is 14.9 Å². The number of hydrogen-bond acceptors (Lipinski definition) is 4. The number of carbonyl (C=O) groups is 1. The molecule has 6 nitrogen and oxygen atoms in total. The van der Waals surface area contributed by atoms with Crippen LogP contribution in [-0.2, 0) is 22.5 Å². The Balaban J connectivity index is 1.22. The SMILES string of the molecule is Cc1cc(OCCCCn2c(CCCCCNC(=O)C3CCCO3)nc3ccccc32)cc(C)c1Cl. The van der Waals surface area contributed by atoms with Crippen molar-refractivity contribution >= 4 is 28.5 Å². The minimum absolute atomic E-state index is 0.0413. The van der Waals surface area contributed by atoms with Crippen molar-refractivity contribution in [2.24, 2.45) is 0 Å². The molecular formula is C29H38ClN3O3. The van der Waals surface area contributed by atoms with Gasteiger partial charge < -0.3 is 19.4 Å². The number of nitrogens with one attached hydrogen (secondary N) is 1. The van der Waals surface area contributed by atoms with E-state index in [2.05, 4.69) is 28.1 Å². The van der Waals surface area contributed by atoms with E-state index < -0.39 is 0 Å². The molecule has 1 aliphatic rings. The second kappa shape index (κ2) is 13.1. The third kappa shape index (κ3) is 7.01. The number of rotatable bonds is 13. The van der Waals surface area contributed by atoms with Crippen LogP contribution in [-0.4, -0.2) is 41.3 Å². The quantitative estimate of drug-likeness (QED) is 0.278. The number of amides is 1. The van der Waals surface area contributed by atoms with Gasteiger partial charge in [0, 0.05) is 31.1 Å². The van der Waals surface area contributed by atoms with E-state index in [0.29, 0.717) is 19.8 Å². The summed E-state index contributed by atoms with van der Waals surface area (Å²) in [6.07, 6.45) is 7.59. The summed E-state index contributed by atoms with van der Waals surface area (Å²) < 4.78 is 13.8. The highest BCUT2D eigenvalue weighted by molar-refractivity contribution is 6.32. The molecule has 1 aliphatic heterocycles. The molecule has 194 valence electrons. The lowest BCUT2D eigenvalue weighted by Crippen LogP contribution is -2.34. The summed E-state index contributed by atoms with van der Waals surface area (Å²) >= 11 is 6.27. The maximum atomic E-state index is 12.1. The molecule has 1 fully saturated rings. The Bertz CT molecular complexity index is 1130. The molecule has 2 aromatic carbocycles. The Morgan fingerprint density at radius 3 is 2.72 bits per heavy atom. The standard InChI is InChI=1S/C29H38ClN3O3/c1-21-19-23(20-22(2)28(21)30)35-17-9-8-16-33-25-12-6-5-11-24(25)32-27(33)14-4-3-7-15-31-29(34)26-13-10-18-36-26/h5-6,11-12,19-20,26H,3-4,7-10,13-18H2,1-2H3,(H,31,34). The lowest BCUT2D eigenvalue weighted by Gasteiger charge is -2.12. The van der Waals surface area contributed by atoms with Gasteiger partial charge in [0.1, 0.15) is 17.7 Å². The molecule has 1 unspecified atom stereocenters. The minimum Gasteiger partial charge on any atom is -0.494 e. The van der Waals surface area contributed by atoms with E-state index in [4.69, 9.17) is 26.1 Å². The molecule has 1 saturated heterocycles. The average Bonchev–Trinajstić information content (AvgIpc) is 3.53. The third-order valence-corrected chi connectivity index (χ3v) is 7.38. The normalized spacial score (nSPS) is 15.5. The number of benzene rings is 2. The van der Waals surface area contributed by atoms with Crippen LogP contribution >= 0.6 is 11.6 Å². The Labute approximate surface area is 219 Å². The van der Waals surface area contributed by atoms with Gasteiger partial charge >= 0.3 is 0 Å². The van der Waals surface area contributed by atoms with Gasteiger partial charge in [-0.2, -0.15) is 0 Å². The van der Waals surface area contributed by atoms with Gasteiger partial charge in [0.05, 0.1) is 17.6 Å². The van der Waals surface area contributed by atoms with Crippen molar-refractivity contribution in [3.8, 4) is 5.75 Å². The minimum atomic E-state index is -0.241. The first-order valence-electron chi connectivity index (χ1n) is 13.3. The highest BCUT2D eigenvalue weighted by atomic mass is 35.5. The first-order valence-corrected chi connectivity index (χ1v) is 13.6. The Morgan fingerprint density at radius 1 is 1.14 bits per heavy atom. The van der Waals surface area contributed by atoms with Crippen molar-refractivity contribution in [3.05, 3.63) is 58.4 Å². The number of aryl methyl sites for hydroxylation is 4. The van der Waals surface area contributed by atoms with E-state index in [1.54, 1.807) is 0 Å². The number of fused-ring (bicyclic) bond motifs is 1. The van der Waals surface area contributed by atoms with E-state index in [-0.39, 0.29) is 12.0 Å². The lowest BCUT2D eigenvalue weighted by molar-refractivity contribution is -0.130. The third-order valence-electron chi connectivity index (χ3n) is 6.79. The van der Waals surface area contributed by atoms with Crippen LogP contribution in [0.5, 0.6) is 5.75 Å². The topological polar surface area (TPSA) is 65.4 Å². The van der Waals surface area contributed by atoms with Crippen LogP contribution in [0.2, 0.25) is 5.02 Å². The number of nitrogens with zero attached hydrogens (tertiary/aromatic N) is 2. The number of carbonyl (C=O) groups excluding carboxylic acids is 1. The molecule has 0 saturated carbocycles. The Morgan fingerprint density at radius 2 is 1.94 bits per heavy atom. The monoisotopic (exact) mass is 511 g/mol. The van der Waals surface area contributed by atoms with E-state index in [9.17, 15) is 4.79 Å². The predicted molar refractivity (Wildman–Crippen MR) is 145 cm³/mol. The second-order valence-corrected chi connectivity index (χ2v) is 10.1. The number of halogens is 1. The zero-order chi connectivity index (χ0) is 25.3. The van der Waals surface area contributed by atoms with Crippen LogP contribution in [0.25, 0.3) is 11.0 Å². The summed E-state index contributed by atoms with van der Waals surface area (Å²) in [4.78, 5) is 17.0. The summed E-state index contributed by atoms with van der Waals surface area (Å²) in [5.74, 6) is 2.07. The Kier molecular flexibility index (Phi) is 9.65. The van der Waals surface area contributed by atoms with Crippen LogP contribution in [0.1, 0.15) is 61.9 Å². The van der Waals surface area contributed by atoms with Gasteiger partial charge in [-0.25, -0.2) is 4.98 Å². The molecule has 0 radical (unpaired) electrons. The maximum Gasteiger partial charge on any atom is 0.249 e. The maximum absolute atomic E-state index is 12.1. The molecule has 1 aromatic heterocycles. The van der Waals surface area contributed by atoms with Crippen LogP contribution in [0.4, 0.5) is 0 Å². The highest BCUT2D eigenvalue weighted by Crippen LogP contribution is 2.26. The molecule has 36 heavy (non-hydrogen) atoms. The van der Waals surface area contributed by atoms with Crippen molar-refractivity contribution in [2.75, 3.05) is 19.8 Å². The molecule has 1 N–H and O–H groups in total. The Hall–Kier alpha value is -2.57. The molecule has 3 aromatic rings. The molecule has 2 heterocycles. The molecule has 7 heteroatoms. The highest BCUT2D eigenvalue weighted by Gasteiger charge is 2.22. The number of para-hydroxylation sites is 2. The largest absolute Gasteiger partial charge is 0.494 e. The van der Waals surface area contributed by atoms with E-state index >= 15 is 0 Å². The fourth-order valence-electron chi connectivity index (χ4n) is 4.81. The first kappa shape index (κ1) is 26.5. The molecule has 0 bridgehead atoms. The van der Waals surface area contributed by atoms with Gasteiger partial charge in [-0.3, -0.25) is 4.79 Å². The summed E-state index contributed by atoms with van der Waals surface area (Å²) in [5.41, 5.74) is 4.35. The van der Waals surface area contributed by atoms with Crippen LogP contribution < -0.4 is 10.1 Å². The zero-order valence-corrected chi connectivity index (χ0v) is 22.3. The summed E-state index contributed by atoms with van der Waals surface area (Å²) in [5, 5.41) is 3.82. The fraction of sp³-hybridized carbons (Fsp3) is 0.517. The van der Waals surface area contributed by atoms with Crippen LogP contribution in [0, 0.1) is 13.8 Å². The van der Waals surface area contributed by atoms with Gasteiger partial charge in [0.15, 0.2) is 0 Å². The number of aromatic nitrogens is 2. The van der Waals surface area contributed by atoms with Crippen molar-refractivity contribution in [1.29, 1.82) is 0 Å². The first-order chi connectivity index (χ1) is 17.5. The number of ether oxygens (including phenoxy) is 2. The van der Waals surface area contributed by atoms with Gasteiger partial charge in [-0.05, 0) is 87.8 Å². The molecule has 1 amide bonds. The predicted octanol–water partition coefficient (Wildman–Crippen LogP) is 6.17. The lowest BCUT2D eigenvalue weighted by atomic mass is 10.1. The fourth-order valence-corrected chi connectivity index (χ4v) is 4.92. The zero-order valence-electron chi connectivity index (χ0n) is 21.5. The molecule has 0 aliphatic carbocycles. The molecule has 0 spiro atoms. The van der Waals surface area contributed by atoms with Crippen LogP contribution in [0.15, 0.2) is 36.4 Å². The summed E-state index contributed by atoms with van der Waals surface area (Å²) in [6.45, 7) is 7.04. The summed E-state index contributed by atoms with van der Waals surface area (Å²) in [6, 6.07) is 12.4. The van der Waals surface area contributed by atoms with Gasteiger partial charge in [-0.1, -0.05) is 30.2 Å². The number of hydrogen-bond donors (Lipinski definition) is 1. The number of unbranched alkanes of at least 4 members (excludes halogenated alkanes) is 3. The van der Waals surface area contributed by atoms with Crippen molar-refractivity contribution in [3.63, 3.8) is 0 Å². The van der Waals surface area contributed by atoms with E-state index in [1.165, 1.54) is 5.52 Å².